The summed E-state index contributed by atoms with van der Waals surface area (Å²) in [6.07, 6.45) is 1.55. The zero-order chi connectivity index (χ0) is 11.5. The molecule has 16 heavy (non-hydrogen) atoms. The average molecular weight is 240 g/mol. The van der Waals surface area contributed by atoms with E-state index in [0.29, 0.717) is 11.5 Å². The van der Waals surface area contributed by atoms with Crippen molar-refractivity contribution in [1.82, 2.24) is 9.97 Å². The standard InChI is InChI=1S/C9H8N2O4S/c1-2-14-9-6(8(12)13)11-7(15-9)5-3-10-4-16-5/h3-4H,2H2,1H3,(H,12,13). The maximum atomic E-state index is 10.9. The predicted molar refractivity (Wildman–Crippen MR) is 55.7 cm³/mol. The maximum absolute atomic E-state index is 10.9. The Bertz CT molecular complexity index is 492. The SMILES string of the molecule is CCOc1oc(-c2cncs2)nc1C(=O)O. The lowest BCUT2D eigenvalue weighted by atomic mass is 10.5. The first kappa shape index (κ1) is 10.6. The number of carboxylic acids is 1. The molecule has 2 heterocycles. The number of aromatic nitrogens is 2. The smallest absolute Gasteiger partial charge is 0.362 e. The molecule has 0 atom stereocenters. The second-order valence-electron chi connectivity index (χ2n) is 2.76. The number of hydrogen-bond donors (Lipinski definition) is 1. The quantitative estimate of drug-likeness (QED) is 0.878. The van der Waals surface area contributed by atoms with Crippen molar-refractivity contribution in [3.63, 3.8) is 0 Å². The van der Waals surface area contributed by atoms with E-state index in [2.05, 4.69) is 9.97 Å². The van der Waals surface area contributed by atoms with E-state index in [4.69, 9.17) is 14.3 Å². The molecule has 6 nitrogen and oxygen atoms in total. The lowest BCUT2D eigenvalue weighted by Gasteiger charge is -1.96. The number of ether oxygens (including phenoxy) is 1. The van der Waals surface area contributed by atoms with Crippen molar-refractivity contribution in [2.24, 2.45) is 0 Å². The van der Waals surface area contributed by atoms with Crippen molar-refractivity contribution < 1.29 is 19.1 Å². The van der Waals surface area contributed by atoms with E-state index in [1.165, 1.54) is 11.3 Å². The highest BCUT2D eigenvalue weighted by atomic mass is 32.1. The lowest BCUT2D eigenvalue weighted by molar-refractivity contribution is 0.0683. The predicted octanol–water partition coefficient (Wildman–Crippen LogP) is 1.90. The molecule has 2 rings (SSSR count). The Hall–Kier alpha value is -1.89. The molecule has 0 spiro atoms. The van der Waals surface area contributed by atoms with Crippen LogP contribution in [0.25, 0.3) is 10.8 Å². The Labute approximate surface area is 94.5 Å². The van der Waals surface area contributed by atoms with Crippen LogP contribution in [0.1, 0.15) is 17.4 Å². The normalized spacial score (nSPS) is 10.3. The Kier molecular flexibility index (Phi) is 2.86. The summed E-state index contributed by atoms with van der Waals surface area (Å²) in [6.45, 7) is 2.05. The zero-order valence-electron chi connectivity index (χ0n) is 8.34. The third-order valence-corrected chi connectivity index (χ3v) is 2.48. The molecular weight excluding hydrogens is 232 g/mol. The monoisotopic (exact) mass is 240 g/mol. The van der Waals surface area contributed by atoms with Crippen LogP contribution in [0.4, 0.5) is 0 Å². The molecule has 2 aromatic heterocycles. The summed E-state index contributed by atoms with van der Waals surface area (Å²) < 4.78 is 10.3. The van der Waals surface area contributed by atoms with Crippen molar-refractivity contribution in [2.45, 2.75) is 6.92 Å². The van der Waals surface area contributed by atoms with Crippen molar-refractivity contribution in [3.8, 4) is 16.7 Å². The number of carbonyl (C=O) groups is 1. The summed E-state index contributed by atoms with van der Waals surface area (Å²) in [4.78, 5) is 19.2. The summed E-state index contributed by atoms with van der Waals surface area (Å²) in [5, 5.41) is 8.89. The molecule has 0 radical (unpaired) electrons. The molecule has 0 fully saturated rings. The molecule has 7 heteroatoms. The average Bonchev–Trinajstić information content (AvgIpc) is 2.83. The number of carboxylic acid groups (broad SMARTS) is 1. The second-order valence-corrected chi connectivity index (χ2v) is 3.65. The molecule has 1 N–H and O–H groups in total. The van der Waals surface area contributed by atoms with Crippen LogP contribution in [0.3, 0.4) is 0 Å². The van der Waals surface area contributed by atoms with Crippen LogP contribution in [-0.2, 0) is 0 Å². The molecule has 0 aliphatic rings. The van der Waals surface area contributed by atoms with Crippen LogP contribution in [0.5, 0.6) is 5.95 Å². The minimum atomic E-state index is -1.18. The maximum Gasteiger partial charge on any atom is 0.362 e. The highest BCUT2D eigenvalue weighted by molar-refractivity contribution is 7.13. The van der Waals surface area contributed by atoms with Crippen molar-refractivity contribution in [3.05, 3.63) is 17.4 Å². The van der Waals surface area contributed by atoms with Crippen LogP contribution < -0.4 is 4.74 Å². The minimum absolute atomic E-state index is 0.0709. The summed E-state index contributed by atoms with van der Waals surface area (Å²) in [5.41, 5.74) is 1.39. The van der Waals surface area contributed by atoms with E-state index in [0.717, 1.165) is 0 Å². The van der Waals surface area contributed by atoms with Gasteiger partial charge in [-0.05, 0) is 6.92 Å². The molecule has 0 amide bonds. The van der Waals surface area contributed by atoms with Gasteiger partial charge in [0.2, 0.25) is 11.6 Å². The van der Waals surface area contributed by atoms with Gasteiger partial charge in [0.05, 0.1) is 18.3 Å². The Morgan fingerprint density at radius 2 is 2.50 bits per heavy atom. The number of thiazole rings is 1. The fourth-order valence-electron chi connectivity index (χ4n) is 1.10. The second kappa shape index (κ2) is 4.31. The van der Waals surface area contributed by atoms with Gasteiger partial charge in [-0.1, -0.05) is 0 Å². The van der Waals surface area contributed by atoms with Gasteiger partial charge in [-0.15, -0.1) is 11.3 Å². The van der Waals surface area contributed by atoms with E-state index in [1.54, 1.807) is 18.6 Å². The lowest BCUT2D eigenvalue weighted by Crippen LogP contribution is -2.01. The van der Waals surface area contributed by atoms with Gasteiger partial charge in [0.1, 0.15) is 4.88 Å². The third-order valence-electron chi connectivity index (χ3n) is 1.72. The largest absolute Gasteiger partial charge is 0.476 e. The fourth-order valence-corrected chi connectivity index (χ4v) is 1.64. The van der Waals surface area contributed by atoms with Crippen molar-refractivity contribution in [2.75, 3.05) is 6.61 Å². The highest BCUT2D eigenvalue weighted by Crippen LogP contribution is 2.29. The summed E-state index contributed by atoms with van der Waals surface area (Å²) in [6, 6.07) is 0. The van der Waals surface area contributed by atoms with Crippen LogP contribution in [-0.4, -0.2) is 27.7 Å². The molecule has 0 saturated heterocycles. The van der Waals surface area contributed by atoms with Crippen LogP contribution in [0.15, 0.2) is 16.1 Å². The zero-order valence-corrected chi connectivity index (χ0v) is 9.15. The van der Waals surface area contributed by atoms with E-state index < -0.39 is 5.97 Å². The number of rotatable bonds is 4. The van der Waals surface area contributed by atoms with Gasteiger partial charge in [0, 0.05) is 0 Å². The molecule has 0 saturated carbocycles. The van der Waals surface area contributed by atoms with Crippen molar-refractivity contribution >= 4 is 17.3 Å². The fraction of sp³-hybridized carbons (Fsp3) is 0.222. The molecule has 0 aromatic carbocycles. The van der Waals surface area contributed by atoms with E-state index in [9.17, 15) is 4.79 Å². The van der Waals surface area contributed by atoms with Gasteiger partial charge in [-0.2, -0.15) is 4.98 Å². The summed E-state index contributed by atoms with van der Waals surface area (Å²) in [7, 11) is 0. The minimum Gasteiger partial charge on any atom is -0.476 e. The third kappa shape index (κ3) is 1.89. The van der Waals surface area contributed by atoms with E-state index >= 15 is 0 Å². The van der Waals surface area contributed by atoms with Gasteiger partial charge < -0.3 is 14.3 Å². The van der Waals surface area contributed by atoms with Crippen LogP contribution in [0.2, 0.25) is 0 Å². The number of aromatic carboxylic acids is 1. The number of oxazole rings is 1. The Morgan fingerprint density at radius 1 is 1.69 bits per heavy atom. The molecular formula is C9H8N2O4S. The van der Waals surface area contributed by atoms with Crippen molar-refractivity contribution in [1.29, 1.82) is 0 Å². The first-order valence-electron chi connectivity index (χ1n) is 4.48. The summed E-state index contributed by atoms with van der Waals surface area (Å²) in [5.74, 6) is -1.04. The first-order chi connectivity index (χ1) is 7.72. The molecule has 84 valence electrons. The molecule has 0 aliphatic carbocycles. The summed E-state index contributed by atoms with van der Waals surface area (Å²) >= 11 is 1.31. The Morgan fingerprint density at radius 3 is 3.06 bits per heavy atom. The van der Waals surface area contributed by atoms with Gasteiger partial charge in [0.15, 0.2) is 0 Å². The van der Waals surface area contributed by atoms with Crippen LogP contribution in [0, 0.1) is 0 Å². The molecule has 2 aromatic rings. The molecule has 0 aliphatic heterocycles. The first-order valence-corrected chi connectivity index (χ1v) is 5.36. The molecule has 0 bridgehead atoms. The topological polar surface area (TPSA) is 85.5 Å². The van der Waals surface area contributed by atoms with E-state index in [1.807, 2.05) is 0 Å². The highest BCUT2D eigenvalue weighted by Gasteiger charge is 2.22. The van der Waals surface area contributed by atoms with Gasteiger partial charge >= 0.3 is 11.9 Å². The Balaban J connectivity index is 2.42. The number of hydrogen-bond acceptors (Lipinski definition) is 6. The van der Waals surface area contributed by atoms with Gasteiger partial charge in [-0.3, -0.25) is 4.98 Å². The number of nitrogens with zero attached hydrogens (tertiary/aromatic N) is 2. The van der Waals surface area contributed by atoms with Gasteiger partial charge in [0.25, 0.3) is 0 Å². The van der Waals surface area contributed by atoms with Gasteiger partial charge in [-0.25, -0.2) is 4.79 Å². The molecule has 0 unspecified atom stereocenters. The van der Waals surface area contributed by atoms with Crippen LogP contribution >= 0.6 is 11.3 Å². The van der Waals surface area contributed by atoms with E-state index in [-0.39, 0.29) is 17.5 Å².